The Morgan fingerprint density at radius 1 is 1.19 bits per heavy atom. The fourth-order valence-electron chi connectivity index (χ4n) is 3.30. The molecule has 2 nitrogen and oxygen atoms in total. The summed E-state index contributed by atoms with van der Waals surface area (Å²) in [5, 5.41) is 0. The van der Waals surface area contributed by atoms with Crippen LogP contribution in [0.1, 0.15) is 52.9 Å². The predicted octanol–water partition coefficient (Wildman–Crippen LogP) is 3.07. The Kier molecular flexibility index (Phi) is 3.56. The third-order valence-electron chi connectivity index (χ3n) is 4.46. The van der Waals surface area contributed by atoms with Gasteiger partial charge in [0.2, 0.25) is 6.41 Å². The lowest BCUT2D eigenvalue weighted by Crippen LogP contribution is -2.46. The van der Waals surface area contributed by atoms with E-state index in [0.29, 0.717) is 18.0 Å². The molecule has 0 aromatic heterocycles. The van der Waals surface area contributed by atoms with Crippen LogP contribution in [0.4, 0.5) is 0 Å². The molecule has 0 N–H and O–H groups in total. The fraction of sp³-hybridized carbons (Fsp3) is 0.929. The van der Waals surface area contributed by atoms with E-state index >= 15 is 0 Å². The zero-order valence-electron chi connectivity index (χ0n) is 10.9. The van der Waals surface area contributed by atoms with Gasteiger partial charge in [0.15, 0.2) is 0 Å². The van der Waals surface area contributed by atoms with Crippen molar-refractivity contribution in [2.75, 3.05) is 0 Å². The van der Waals surface area contributed by atoms with Crippen molar-refractivity contribution in [1.29, 1.82) is 0 Å². The number of rotatable bonds is 4. The van der Waals surface area contributed by atoms with Crippen molar-refractivity contribution >= 4 is 6.41 Å². The van der Waals surface area contributed by atoms with Crippen LogP contribution in [-0.4, -0.2) is 23.4 Å². The van der Waals surface area contributed by atoms with Crippen molar-refractivity contribution in [2.24, 2.45) is 17.8 Å². The lowest BCUT2D eigenvalue weighted by molar-refractivity contribution is -0.123. The summed E-state index contributed by atoms with van der Waals surface area (Å²) in [4.78, 5) is 13.4. The predicted molar refractivity (Wildman–Crippen MR) is 66.1 cm³/mol. The van der Waals surface area contributed by atoms with Gasteiger partial charge in [-0.3, -0.25) is 4.79 Å². The van der Waals surface area contributed by atoms with Gasteiger partial charge in [-0.1, -0.05) is 27.2 Å². The SMILES string of the molecule is CC1CCC(C(C)C)C(N(C=O)C2CC2)C1. The summed E-state index contributed by atoms with van der Waals surface area (Å²) in [6.07, 6.45) is 7.45. The van der Waals surface area contributed by atoms with Crippen LogP contribution in [0, 0.1) is 17.8 Å². The van der Waals surface area contributed by atoms with Crippen molar-refractivity contribution in [3.8, 4) is 0 Å². The largest absolute Gasteiger partial charge is 0.339 e. The molecule has 2 rings (SSSR count). The van der Waals surface area contributed by atoms with E-state index in [2.05, 4.69) is 25.7 Å². The molecule has 2 aliphatic rings. The van der Waals surface area contributed by atoms with Crippen molar-refractivity contribution in [2.45, 2.75) is 65.0 Å². The molecule has 0 radical (unpaired) electrons. The molecule has 0 aromatic carbocycles. The maximum absolute atomic E-state index is 11.3. The van der Waals surface area contributed by atoms with Gasteiger partial charge in [-0.2, -0.15) is 0 Å². The van der Waals surface area contributed by atoms with E-state index in [1.807, 2.05) is 0 Å². The van der Waals surface area contributed by atoms with E-state index in [9.17, 15) is 4.79 Å². The average molecular weight is 223 g/mol. The third-order valence-corrected chi connectivity index (χ3v) is 4.46. The first-order chi connectivity index (χ1) is 7.63. The minimum absolute atomic E-state index is 0.522. The molecule has 16 heavy (non-hydrogen) atoms. The molecule has 3 atom stereocenters. The zero-order chi connectivity index (χ0) is 11.7. The molecule has 0 aromatic rings. The molecule has 1 amide bonds. The Labute approximate surface area is 99.4 Å². The van der Waals surface area contributed by atoms with Gasteiger partial charge in [0.05, 0.1) is 0 Å². The van der Waals surface area contributed by atoms with Gasteiger partial charge in [-0.05, 0) is 43.4 Å². The second kappa shape index (κ2) is 4.77. The summed E-state index contributed by atoms with van der Waals surface area (Å²) < 4.78 is 0. The summed E-state index contributed by atoms with van der Waals surface area (Å²) in [6.45, 7) is 6.95. The highest BCUT2D eigenvalue weighted by Crippen LogP contribution is 2.40. The van der Waals surface area contributed by atoms with Crippen molar-refractivity contribution in [1.82, 2.24) is 4.90 Å². The van der Waals surface area contributed by atoms with Crippen LogP contribution in [0.5, 0.6) is 0 Å². The highest BCUT2D eigenvalue weighted by atomic mass is 16.1. The lowest BCUT2D eigenvalue weighted by atomic mass is 9.73. The quantitative estimate of drug-likeness (QED) is 0.671. The molecular weight excluding hydrogens is 198 g/mol. The van der Waals surface area contributed by atoms with Gasteiger partial charge in [-0.15, -0.1) is 0 Å². The molecule has 0 aliphatic heterocycles. The molecule has 0 saturated heterocycles. The summed E-state index contributed by atoms with van der Waals surface area (Å²) in [5.74, 6) is 2.22. The minimum Gasteiger partial charge on any atom is -0.339 e. The van der Waals surface area contributed by atoms with Gasteiger partial charge in [0.1, 0.15) is 0 Å². The third kappa shape index (κ3) is 2.41. The number of hydrogen-bond donors (Lipinski definition) is 0. The molecular formula is C14H25NO. The number of hydrogen-bond acceptors (Lipinski definition) is 1. The Balaban J connectivity index is 2.08. The zero-order valence-corrected chi connectivity index (χ0v) is 10.9. The van der Waals surface area contributed by atoms with Crippen LogP contribution >= 0.6 is 0 Å². The molecule has 2 fully saturated rings. The lowest BCUT2D eigenvalue weighted by Gasteiger charge is -2.42. The van der Waals surface area contributed by atoms with E-state index in [4.69, 9.17) is 0 Å². The van der Waals surface area contributed by atoms with Crippen LogP contribution < -0.4 is 0 Å². The van der Waals surface area contributed by atoms with Crippen LogP contribution in [0.25, 0.3) is 0 Å². The first kappa shape index (κ1) is 11.9. The second-order valence-corrected chi connectivity index (χ2v) is 6.18. The summed E-state index contributed by atoms with van der Waals surface area (Å²) in [5.41, 5.74) is 0. The topological polar surface area (TPSA) is 20.3 Å². The highest BCUT2D eigenvalue weighted by Gasteiger charge is 2.40. The smallest absolute Gasteiger partial charge is 0.210 e. The van der Waals surface area contributed by atoms with Crippen molar-refractivity contribution < 1.29 is 4.79 Å². The fourth-order valence-corrected chi connectivity index (χ4v) is 3.30. The van der Waals surface area contributed by atoms with Crippen LogP contribution in [0.2, 0.25) is 0 Å². The monoisotopic (exact) mass is 223 g/mol. The van der Waals surface area contributed by atoms with Crippen molar-refractivity contribution in [3.05, 3.63) is 0 Å². The maximum atomic E-state index is 11.3. The van der Waals surface area contributed by atoms with E-state index in [1.165, 1.54) is 32.1 Å². The first-order valence-electron chi connectivity index (χ1n) is 6.86. The average Bonchev–Trinajstić information content (AvgIpc) is 3.03. The Morgan fingerprint density at radius 3 is 2.38 bits per heavy atom. The van der Waals surface area contributed by atoms with Crippen LogP contribution in [0.15, 0.2) is 0 Å². The van der Waals surface area contributed by atoms with Crippen LogP contribution in [0.3, 0.4) is 0 Å². The number of carbonyl (C=O) groups is 1. The standard InChI is InChI=1S/C14H25NO/c1-10(2)13-7-4-11(3)8-14(13)15(9-16)12-5-6-12/h9-14H,4-8H2,1-3H3. The number of carbonyl (C=O) groups excluding carboxylic acids is 1. The maximum Gasteiger partial charge on any atom is 0.210 e. The Morgan fingerprint density at radius 2 is 1.88 bits per heavy atom. The van der Waals surface area contributed by atoms with E-state index in [0.717, 1.165) is 18.2 Å². The van der Waals surface area contributed by atoms with Gasteiger partial charge in [0, 0.05) is 12.1 Å². The van der Waals surface area contributed by atoms with Crippen molar-refractivity contribution in [3.63, 3.8) is 0 Å². The highest BCUT2D eigenvalue weighted by molar-refractivity contribution is 5.49. The summed E-state index contributed by atoms with van der Waals surface area (Å²) in [6, 6.07) is 1.10. The Hall–Kier alpha value is -0.530. The molecule has 92 valence electrons. The van der Waals surface area contributed by atoms with Gasteiger partial charge >= 0.3 is 0 Å². The van der Waals surface area contributed by atoms with E-state index < -0.39 is 0 Å². The Bertz CT molecular complexity index is 247. The van der Waals surface area contributed by atoms with E-state index in [1.54, 1.807) is 0 Å². The minimum atomic E-state index is 0.522. The molecule has 0 spiro atoms. The van der Waals surface area contributed by atoms with Gasteiger partial charge in [-0.25, -0.2) is 0 Å². The molecule has 2 saturated carbocycles. The molecule has 2 heteroatoms. The number of amides is 1. The molecule has 0 heterocycles. The summed E-state index contributed by atoms with van der Waals surface area (Å²) in [7, 11) is 0. The van der Waals surface area contributed by atoms with Gasteiger partial charge < -0.3 is 4.90 Å². The molecule has 2 aliphatic carbocycles. The first-order valence-corrected chi connectivity index (χ1v) is 6.86. The molecule has 0 bridgehead atoms. The normalized spacial score (nSPS) is 35.1. The van der Waals surface area contributed by atoms with E-state index in [-0.39, 0.29) is 0 Å². The molecule has 3 unspecified atom stereocenters. The number of nitrogens with zero attached hydrogens (tertiary/aromatic N) is 1. The summed E-state index contributed by atoms with van der Waals surface area (Å²) >= 11 is 0. The second-order valence-electron chi connectivity index (χ2n) is 6.18. The van der Waals surface area contributed by atoms with Gasteiger partial charge in [0.25, 0.3) is 0 Å². The van der Waals surface area contributed by atoms with Crippen LogP contribution in [-0.2, 0) is 4.79 Å².